The molecule has 3 rings (SSSR count). The number of ether oxygens (including phenoxy) is 1. The number of hydrogen-bond donors (Lipinski definition) is 1. The van der Waals surface area contributed by atoms with E-state index in [9.17, 15) is 9.59 Å². The van der Waals surface area contributed by atoms with Gasteiger partial charge in [0, 0.05) is 6.04 Å². The molecule has 0 bridgehead atoms. The van der Waals surface area contributed by atoms with Crippen LogP contribution in [0, 0.1) is 6.92 Å². The van der Waals surface area contributed by atoms with Gasteiger partial charge in [-0.1, -0.05) is 11.3 Å². The number of aromatic nitrogens is 3. The Labute approximate surface area is 148 Å². The van der Waals surface area contributed by atoms with Crippen LogP contribution in [0.1, 0.15) is 46.4 Å². The maximum absolute atomic E-state index is 12.6. The maximum atomic E-state index is 12.6. The second-order valence-electron chi connectivity index (χ2n) is 5.86. The Balaban J connectivity index is 1.88. The van der Waals surface area contributed by atoms with E-state index < -0.39 is 5.97 Å². The third-order valence-electron chi connectivity index (χ3n) is 3.61. The van der Waals surface area contributed by atoms with E-state index in [-0.39, 0.29) is 11.9 Å². The number of aryl methyl sites for hydroxylation is 1. The molecule has 1 amide bonds. The summed E-state index contributed by atoms with van der Waals surface area (Å²) in [7, 11) is 1.34. The molecule has 2 heterocycles. The molecule has 0 saturated carbocycles. The van der Waals surface area contributed by atoms with E-state index in [0.29, 0.717) is 21.9 Å². The van der Waals surface area contributed by atoms with Gasteiger partial charge in [0.25, 0.3) is 5.91 Å². The third kappa shape index (κ3) is 3.39. The SMILES string of the molecule is COC(=O)c1ccc2nc(NC(=O)c3cc(C)nn3C(C)C)sc2c1. The summed E-state index contributed by atoms with van der Waals surface area (Å²) >= 11 is 1.30. The van der Waals surface area contributed by atoms with Crippen molar-refractivity contribution in [2.24, 2.45) is 0 Å². The highest BCUT2D eigenvalue weighted by atomic mass is 32.1. The number of hydrogen-bond acceptors (Lipinski definition) is 6. The van der Waals surface area contributed by atoms with Crippen LogP contribution in [0.3, 0.4) is 0 Å². The summed E-state index contributed by atoms with van der Waals surface area (Å²) in [4.78, 5) is 28.6. The minimum absolute atomic E-state index is 0.0763. The summed E-state index contributed by atoms with van der Waals surface area (Å²) in [6.07, 6.45) is 0. The van der Waals surface area contributed by atoms with Gasteiger partial charge < -0.3 is 4.74 Å². The van der Waals surface area contributed by atoms with Crippen LogP contribution in [0.4, 0.5) is 5.13 Å². The fraction of sp³-hybridized carbons (Fsp3) is 0.294. The Morgan fingerprint density at radius 2 is 2.04 bits per heavy atom. The van der Waals surface area contributed by atoms with Crippen molar-refractivity contribution in [2.45, 2.75) is 26.8 Å². The third-order valence-corrected chi connectivity index (χ3v) is 4.54. The monoisotopic (exact) mass is 358 g/mol. The molecule has 0 aliphatic heterocycles. The highest BCUT2D eigenvalue weighted by Gasteiger charge is 2.18. The fourth-order valence-electron chi connectivity index (χ4n) is 2.46. The van der Waals surface area contributed by atoms with Crippen LogP contribution in [-0.4, -0.2) is 33.8 Å². The van der Waals surface area contributed by atoms with Crippen molar-refractivity contribution in [1.82, 2.24) is 14.8 Å². The lowest BCUT2D eigenvalue weighted by molar-refractivity contribution is 0.0601. The Bertz CT molecular complexity index is 958. The molecule has 1 aromatic carbocycles. The van der Waals surface area contributed by atoms with E-state index >= 15 is 0 Å². The molecule has 7 nitrogen and oxygen atoms in total. The number of esters is 1. The van der Waals surface area contributed by atoms with E-state index in [0.717, 1.165) is 10.4 Å². The Hall–Kier alpha value is -2.74. The van der Waals surface area contributed by atoms with Gasteiger partial charge in [0.05, 0.1) is 28.6 Å². The molecular weight excluding hydrogens is 340 g/mol. The Kier molecular flexibility index (Phi) is 4.54. The van der Waals surface area contributed by atoms with Gasteiger partial charge >= 0.3 is 5.97 Å². The summed E-state index contributed by atoms with van der Waals surface area (Å²) in [6.45, 7) is 5.78. The molecule has 0 unspecified atom stereocenters. The summed E-state index contributed by atoms with van der Waals surface area (Å²) in [5.41, 5.74) is 2.43. The molecule has 0 aliphatic rings. The number of carbonyl (C=O) groups is 2. The van der Waals surface area contributed by atoms with Gasteiger partial charge in [-0.2, -0.15) is 5.10 Å². The van der Waals surface area contributed by atoms with Gasteiger partial charge in [-0.05, 0) is 45.0 Å². The van der Waals surface area contributed by atoms with Crippen LogP contribution >= 0.6 is 11.3 Å². The molecule has 0 atom stereocenters. The largest absolute Gasteiger partial charge is 0.465 e. The molecule has 130 valence electrons. The molecule has 1 N–H and O–H groups in total. The summed E-state index contributed by atoms with van der Waals surface area (Å²) < 4.78 is 7.20. The van der Waals surface area contributed by atoms with E-state index in [1.165, 1.54) is 18.4 Å². The first-order valence-corrected chi connectivity index (χ1v) is 8.57. The fourth-order valence-corrected chi connectivity index (χ4v) is 3.36. The van der Waals surface area contributed by atoms with E-state index in [4.69, 9.17) is 4.74 Å². The van der Waals surface area contributed by atoms with Crippen molar-refractivity contribution in [3.63, 3.8) is 0 Å². The number of methoxy groups -OCH3 is 1. The van der Waals surface area contributed by atoms with Crippen LogP contribution in [0.15, 0.2) is 24.3 Å². The van der Waals surface area contributed by atoms with Gasteiger partial charge in [-0.25, -0.2) is 9.78 Å². The average molecular weight is 358 g/mol. The number of amides is 1. The number of rotatable bonds is 4. The van der Waals surface area contributed by atoms with E-state index in [1.54, 1.807) is 28.9 Å². The molecule has 3 aromatic rings. The van der Waals surface area contributed by atoms with Crippen molar-refractivity contribution in [2.75, 3.05) is 12.4 Å². The van der Waals surface area contributed by atoms with Crippen molar-refractivity contribution >= 4 is 38.6 Å². The molecule has 0 saturated heterocycles. The predicted octanol–water partition coefficient (Wildman–Crippen LogP) is 3.42. The molecule has 2 aromatic heterocycles. The standard InChI is InChI=1S/C17H18N4O3S/c1-9(2)21-13(7-10(3)20-21)15(22)19-17-18-12-6-5-11(16(23)24-4)8-14(12)25-17/h5-9H,1-4H3,(H,18,19,22). The number of fused-ring (bicyclic) bond motifs is 1. The first-order valence-electron chi connectivity index (χ1n) is 7.75. The average Bonchev–Trinajstić information content (AvgIpc) is 3.16. The highest BCUT2D eigenvalue weighted by Crippen LogP contribution is 2.27. The zero-order valence-electron chi connectivity index (χ0n) is 14.4. The molecular formula is C17H18N4O3S. The van der Waals surface area contributed by atoms with Crippen LogP contribution in [0.25, 0.3) is 10.2 Å². The number of thiazole rings is 1. The molecule has 0 radical (unpaired) electrons. The second-order valence-corrected chi connectivity index (χ2v) is 6.89. The summed E-state index contributed by atoms with van der Waals surface area (Å²) in [6, 6.07) is 6.91. The van der Waals surface area contributed by atoms with Crippen molar-refractivity contribution in [1.29, 1.82) is 0 Å². The molecule has 0 spiro atoms. The number of nitrogens with zero attached hydrogens (tertiary/aromatic N) is 3. The minimum atomic E-state index is -0.405. The second kappa shape index (κ2) is 6.64. The van der Waals surface area contributed by atoms with Gasteiger partial charge in [-0.3, -0.25) is 14.8 Å². The number of anilines is 1. The summed E-state index contributed by atoms with van der Waals surface area (Å²) in [5, 5.41) is 7.62. The maximum Gasteiger partial charge on any atom is 0.337 e. The van der Waals surface area contributed by atoms with E-state index in [1.807, 2.05) is 20.8 Å². The minimum Gasteiger partial charge on any atom is -0.465 e. The lowest BCUT2D eigenvalue weighted by atomic mass is 10.2. The van der Waals surface area contributed by atoms with Crippen molar-refractivity contribution in [3.8, 4) is 0 Å². The van der Waals surface area contributed by atoms with Gasteiger partial charge in [0.1, 0.15) is 5.69 Å². The Morgan fingerprint density at radius 3 is 2.72 bits per heavy atom. The first-order chi connectivity index (χ1) is 11.9. The predicted molar refractivity (Wildman–Crippen MR) is 96.3 cm³/mol. The number of carbonyl (C=O) groups excluding carboxylic acids is 2. The summed E-state index contributed by atoms with van der Waals surface area (Å²) in [5.74, 6) is -0.668. The molecule has 0 aliphatic carbocycles. The van der Waals surface area contributed by atoms with Crippen molar-refractivity contribution in [3.05, 3.63) is 41.2 Å². The van der Waals surface area contributed by atoms with Gasteiger partial charge in [0.15, 0.2) is 5.13 Å². The zero-order valence-corrected chi connectivity index (χ0v) is 15.2. The highest BCUT2D eigenvalue weighted by molar-refractivity contribution is 7.22. The Morgan fingerprint density at radius 1 is 1.28 bits per heavy atom. The van der Waals surface area contributed by atoms with Crippen LogP contribution in [-0.2, 0) is 4.74 Å². The van der Waals surface area contributed by atoms with Crippen LogP contribution in [0.5, 0.6) is 0 Å². The molecule has 0 fully saturated rings. The molecule has 25 heavy (non-hydrogen) atoms. The number of benzene rings is 1. The van der Waals surface area contributed by atoms with E-state index in [2.05, 4.69) is 15.4 Å². The number of nitrogens with one attached hydrogen (secondary N) is 1. The topological polar surface area (TPSA) is 86.1 Å². The normalized spacial score (nSPS) is 11.1. The van der Waals surface area contributed by atoms with Crippen LogP contribution < -0.4 is 5.32 Å². The van der Waals surface area contributed by atoms with Crippen molar-refractivity contribution < 1.29 is 14.3 Å². The quantitative estimate of drug-likeness (QED) is 0.722. The lowest BCUT2D eigenvalue weighted by Gasteiger charge is -2.09. The molecule has 8 heteroatoms. The zero-order chi connectivity index (χ0) is 18.1. The lowest BCUT2D eigenvalue weighted by Crippen LogP contribution is -2.18. The first kappa shape index (κ1) is 17.1. The smallest absolute Gasteiger partial charge is 0.337 e. The van der Waals surface area contributed by atoms with Gasteiger partial charge in [0.2, 0.25) is 0 Å². The van der Waals surface area contributed by atoms with Crippen LogP contribution in [0.2, 0.25) is 0 Å². The van der Waals surface area contributed by atoms with Gasteiger partial charge in [-0.15, -0.1) is 0 Å².